The van der Waals surface area contributed by atoms with Crippen molar-refractivity contribution >= 4 is 11.5 Å². The van der Waals surface area contributed by atoms with Crippen molar-refractivity contribution in [3.8, 4) is 0 Å². The summed E-state index contributed by atoms with van der Waals surface area (Å²) in [6, 6.07) is 3.85. The summed E-state index contributed by atoms with van der Waals surface area (Å²) in [4.78, 5) is 4.25. The van der Waals surface area contributed by atoms with E-state index in [0.29, 0.717) is 6.10 Å². The van der Waals surface area contributed by atoms with Crippen molar-refractivity contribution < 1.29 is 4.74 Å². The largest absolute Gasteiger partial charge is 0.378 e. The van der Waals surface area contributed by atoms with Gasteiger partial charge in [-0.2, -0.15) is 0 Å². The van der Waals surface area contributed by atoms with E-state index in [1.54, 1.807) is 4.63 Å². The first-order valence-electron chi connectivity index (χ1n) is 7.37. The highest BCUT2D eigenvalue weighted by molar-refractivity contribution is 5.43. The van der Waals surface area contributed by atoms with E-state index in [2.05, 4.69) is 20.5 Å². The van der Waals surface area contributed by atoms with Crippen LogP contribution in [0.5, 0.6) is 0 Å². The van der Waals surface area contributed by atoms with Gasteiger partial charge in [0, 0.05) is 13.2 Å². The molecule has 1 fully saturated rings. The highest BCUT2D eigenvalue weighted by Crippen LogP contribution is 2.20. The zero-order valence-electron chi connectivity index (χ0n) is 11.9. The van der Waals surface area contributed by atoms with E-state index < -0.39 is 0 Å². The van der Waals surface area contributed by atoms with Crippen LogP contribution in [0, 0.1) is 6.92 Å². The minimum Gasteiger partial charge on any atom is -0.378 e. The molecule has 6 heteroatoms. The van der Waals surface area contributed by atoms with Gasteiger partial charge in [0.05, 0.1) is 6.10 Å². The smallest absolute Gasteiger partial charge is 0.176 e. The van der Waals surface area contributed by atoms with E-state index >= 15 is 0 Å². The van der Waals surface area contributed by atoms with E-state index in [1.165, 1.54) is 25.7 Å². The molecule has 0 amide bonds. The third-order valence-corrected chi connectivity index (χ3v) is 3.60. The van der Waals surface area contributed by atoms with Crippen molar-refractivity contribution in [2.45, 2.75) is 45.1 Å². The summed E-state index contributed by atoms with van der Waals surface area (Å²) < 4.78 is 7.39. The Bertz CT molecular complexity index is 562. The van der Waals surface area contributed by atoms with Gasteiger partial charge < -0.3 is 10.1 Å². The van der Waals surface area contributed by atoms with Crippen LogP contribution in [0.2, 0.25) is 0 Å². The van der Waals surface area contributed by atoms with Crippen molar-refractivity contribution in [2.24, 2.45) is 0 Å². The molecule has 0 atom stereocenters. The molecule has 0 radical (unpaired) electrons. The molecular formula is C14H21N5O. The van der Waals surface area contributed by atoms with E-state index in [1.807, 2.05) is 19.1 Å². The second kappa shape index (κ2) is 6.17. The summed E-state index contributed by atoms with van der Waals surface area (Å²) in [5, 5.41) is 11.9. The van der Waals surface area contributed by atoms with Crippen LogP contribution in [0.1, 0.15) is 37.9 Å². The topological polar surface area (TPSA) is 64.3 Å². The third kappa shape index (κ3) is 3.25. The van der Waals surface area contributed by atoms with Gasteiger partial charge in [-0.25, -0.2) is 4.98 Å². The maximum absolute atomic E-state index is 5.83. The summed E-state index contributed by atoms with van der Waals surface area (Å²) in [6.45, 7) is 3.55. The Kier molecular flexibility index (Phi) is 4.11. The van der Waals surface area contributed by atoms with Crippen LogP contribution >= 0.6 is 0 Å². The minimum absolute atomic E-state index is 0.502. The molecule has 0 spiro atoms. The number of fused-ring (bicyclic) bond motifs is 1. The summed E-state index contributed by atoms with van der Waals surface area (Å²) in [5.41, 5.74) is 0.776. The van der Waals surface area contributed by atoms with E-state index in [4.69, 9.17) is 4.74 Å². The number of anilines is 1. The molecule has 0 unspecified atom stereocenters. The van der Waals surface area contributed by atoms with Crippen LogP contribution in [0.25, 0.3) is 5.65 Å². The lowest BCUT2D eigenvalue weighted by Gasteiger charge is -2.11. The van der Waals surface area contributed by atoms with Crippen LogP contribution < -0.4 is 5.32 Å². The Morgan fingerprint density at radius 3 is 3.00 bits per heavy atom. The summed E-state index contributed by atoms with van der Waals surface area (Å²) >= 11 is 0. The fraction of sp³-hybridized carbons (Fsp3) is 0.643. The zero-order valence-corrected chi connectivity index (χ0v) is 11.9. The molecule has 0 aliphatic heterocycles. The van der Waals surface area contributed by atoms with Crippen molar-refractivity contribution in [3.63, 3.8) is 0 Å². The number of hydrogen-bond donors (Lipinski definition) is 1. The molecular weight excluding hydrogens is 254 g/mol. The average molecular weight is 275 g/mol. The van der Waals surface area contributed by atoms with Gasteiger partial charge in [-0.05, 0) is 38.3 Å². The molecule has 1 N–H and O–H groups in total. The molecule has 2 heterocycles. The van der Waals surface area contributed by atoms with Gasteiger partial charge in [0.25, 0.3) is 0 Å². The summed E-state index contributed by atoms with van der Waals surface area (Å²) in [7, 11) is 0. The molecule has 2 aromatic rings. The van der Waals surface area contributed by atoms with Crippen LogP contribution in [-0.2, 0) is 4.74 Å². The van der Waals surface area contributed by atoms with Crippen molar-refractivity contribution in [1.82, 2.24) is 19.8 Å². The number of rotatable bonds is 6. The number of aromatic nitrogens is 4. The highest BCUT2D eigenvalue weighted by Gasteiger charge is 2.14. The predicted molar refractivity (Wildman–Crippen MR) is 76.8 cm³/mol. The predicted octanol–water partition coefficient (Wildman–Crippen LogP) is 2.19. The van der Waals surface area contributed by atoms with Crippen molar-refractivity contribution in [2.75, 3.05) is 18.5 Å². The van der Waals surface area contributed by atoms with Gasteiger partial charge in [0.1, 0.15) is 11.6 Å². The fourth-order valence-electron chi connectivity index (χ4n) is 2.58. The first kappa shape index (κ1) is 13.3. The summed E-state index contributed by atoms with van der Waals surface area (Å²) in [5.74, 6) is 1.56. The van der Waals surface area contributed by atoms with Crippen LogP contribution in [0.4, 0.5) is 5.82 Å². The molecule has 1 aliphatic carbocycles. The van der Waals surface area contributed by atoms with Gasteiger partial charge in [0.2, 0.25) is 0 Å². The molecule has 1 saturated carbocycles. The molecule has 6 nitrogen and oxygen atoms in total. The van der Waals surface area contributed by atoms with Gasteiger partial charge in [-0.15, -0.1) is 14.8 Å². The van der Waals surface area contributed by atoms with Crippen molar-refractivity contribution in [3.05, 3.63) is 18.0 Å². The van der Waals surface area contributed by atoms with E-state index in [-0.39, 0.29) is 0 Å². The van der Waals surface area contributed by atoms with E-state index in [0.717, 1.165) is 36.9 Å². The standard InChI is InChI=1S/C14H21N5O/c1-11-16-14-8-7-13(18-19(14)17-11)15-9-4-10-20-12-5-2-3-6-12/h7-8,12H,2-6,9-10H2,1H3,(H,15,18). The lowest BCUT2D eigenvalue weighted by atomic mass is 10.3. The second-order valence-corrected chi connectivity index (χ2v) is 5.28. The number of nitrogens with one attached hydrogen (secondary N) is 1. The van der Waals surface area contributed by atoms with E-state index in [9.17, 15) is 0 Å². The van der Waals surface area contributed by atoms with Crippen LogP contribution in [0.3, 0.4) is 0 Å². The molecule has 0 aromatic carbocycles. The Balaban J connectivity index is 1.42. The van der Waals surface area contributed by atoms with Crippen molar-refractivity contribution in [1.29, 1.82) is 0 Å². The second-order valence-electron chi connectivity index (χ2n) is 5.28. The van der Waals surface area contributed by atoms with Gasteiger partial charge in [-0.1, -0.05) is 12.8 Å². The number of nitrogens with zero attached hydrogens (tertiary/aromatic N) is 4. The Labute approximate surface area is 118 Å². The lowest BCUT2D eigenvalue weighted by molar-refractivity contribution is 0.0583. The van der Waals surface area contributed by atoms with Gasteiger partial charge in [-0.3, -0.25) is 0 Å². The molecule has 2 aromatic heterocycles. The normalized spacial score (nSPS) is 16.1. The molecule has 3 rings (SSSR count). The van der Waals surface area contributed by atoms with Crippen LogP contribution in [0.15, 0.2) is 12.1 Å². The first-order chi connectivity index (χ1) is 9.81. The molecule has 1 aliphatic rings. The third-order valence-electron chi connectivity index (χ3n) is 3.60. The number of aryl methyl sites for hydroxylation is 1. The quantitative estimate of drug-likeness (QED) is 0.819. The molecule has 0 bridgehead atoms. The highest BCUT2D eigenvalue weighted by atomic mass is 16.5. The summed E-state index contributed by atoms with van der Waals surface area (Å²) in [6.07, 6.45) is 6.61. The minimum atomic E-state index is 0.502. The molecule has 108 valence electrons. The SMILES string of the molecule is Cc1nc2ccc(NCCCOC3CCCC3)nn2n1. The average Bonchev–Trinajstić information content (AvgIpc) is 3.06. The number of hydrogen-bond acceptors (Lipinski definition) is 5. The Hall–Kier alpha value is -1.69. The van der Waals surface area contributed by atoms with Gasteiger partial charge >= 0.3 is 0 Å². The maximum atomic E-state index is 5.83. The molecule has 0 saturated heterocycles. The van der Waals surface area contributed by atoms with Crippen LogP contribution in [-0.4, -0.2) is 39.1 Å². The van der Waals surface area contributed by atoms with Gasteiger partial charge in [0.15, 0.2) is 5.65 Å². The monoisotopic (exact) mass is 275 g/mol. The molecule has 20 heavy (non-hydrogen) atoms. The lowest BCUT2D eigenvalue weighted by Crippen LogP contribution is -2.12. The zero-order chi connectivity index (χ0) is 13.8. The maximum Gasteiger partial charge on any atom is 0.176 e. The first-order valence-corrected chi connectivity index (χ1v) is 7.37. The number of ether oxygens (including phenoxy) is 1. The Morgan fingerprint density at radius 1 is 1.30 bits per heavy atom. The fourth-order valence-corrected chi connectivity index (χ4v) is 2.58. The Morgan fingerprint density at radius 2 is 2.15 bits per heavy atom.